The molecule has 2 N–H and O–H groups in total. The van der Waals surface area contributed by atoms with Gasteiger partial charge in [0.15, 0.2) is 6.10 Å². The van der Waals surface area contributed by atoms with E-state index in [1.807, 2.05) is 0 Å². The molecule has 3 heteroatoms. The van der Waals surface area contributed by atoms with Crippen LogP contribution in [0.3, 0.4) is 0 Å². The normalized spacial score (nSPS) is 25.5. The zero-order chi connectivity index (χ0) is 8.32. The zero-order valence-corrected chi connectivity index (χ0v) is 6.45. The molecule has 0 heterocycles. The molecule has 11 heavy (non-hydrogen) atoms. The lowest BCUT2D eigenvalue weighted by molar-refractivity contribution is -0.0728. The number of rotatable bonds is 1. The van der Waals surface area contributed by atoms with Crippen molar-refractivity contribution in [3.63, 3.8) is 0 Å². The Kier molecular flexibility index (Phi) is 2.48. The van der Waals surface area contributed by atoms with Crippen LogP contribution in [-0.4, -0.2) is 21.9 Å². The van der Waals surface area contributed by atoms with Gasteiger partial charge >= 0.3 is 0 Å². The topological polar surface area (TPSA) is 64.2 Å². The van der Waals surface area contributed by atoms with Gasteiger partial charge in [0.25, 0.3) is 0 Å². The second-order valence-corrected chi connectivity index (χ2v) is 3.20. The third kappa shape index (κ3) is 1.70. The fourth-order valence-corrected chi connectivity index (χ4v) is 1.56. The smallest absolute Gasteiger partial charge is 0.169 e. The van der Waals surface area contributed by atoms with Crippen molar-refractivity contribution in [3.8, 4) is 6.07 Å². The fourth-order valence-electron chi connectivity index (χ4n) is 1.56. The number of hydrogen-bond donors (Lipinski definition) is 2. The maximum atomic E-state index is 9.67. The molecule has 0 bridgehead atoms. The summed E-state index contributed by atoms with van der Waals surface area (Å²) in [6.07, 6.45) is 2.83. The first kappa shape index (κ1) is 8.51. The highest BCUT2D eigenvalue weighted by Gasteiger charge is 2.36. The van der Waals surface area contributed by atoms with E-state index in [-0.39, 0.29) is 0 Å². The first-order chi connectivity index (χ1) is 5.19. The van der Waals surface area contributed by atoms with Crippen LogP contribution in [0, 0.1) is 11.3 Å². The molecule has 0 aliphatic heterocycles. The molecule has 0 spiro atoms. The third-order valence-electron chi connectivity index (χ3n) is 2.35. The van der Waals surface area contributed by atoms with Crippen molar-refractivity contribution in [2.75, 3.05) is 0 Å². The predicted molar refractivity (Wildman–Crippen MR) is 39.7 cm³/mol. The van der Waals surface area contributed by atoms with E-state index in [0.717, 1.165) is 19.3 Å². The van der Waals surface area contributed by atoms with Crippen LogP contribution in [0.5, 0.6) is 0 Å². The Hall–Kier alpha value is -0.590. The molecule has 62 valence electrons. The summed E-state index contributed by atoms with van der Waals surface area (Å²) in [6, 6.07) is 1.68. The predicted octanol–water partition coefficient (Wildman–Crippen LogP) is 0.566. The third-order valence-corrected chi connectivity index (χ3v) is 2.35. The van der Waals surface area contributed by atoms with Crippen molar-refractivity contribution in [2.45, 2.75) is 43.8 Å². The Morgan fingerprint density at radius 1 is 1.27 bits per heavy atom. The average Bonchev–Trinajstić information content (AvgIpc) is 2.04. The van der Waals surface area contributed by atoms with Crippen LogP contribution in [0.2, 0.25) is 0 Å². The van der Waals surface area contributed by atoms with E-state index < -0.39 is 11.7 Å². The molecule has 0 aromatic heterocycles. The molecule has 1 aliphatic rings. The second-order valence-electron chi connectivity index (χ2n) is 3.20. The number of nitrogens with zero attached hydrogens (tertiary/aromatic N) is 1. The van der Waals surface area contributed by atoms with Crippen molar-refractivity contribution in [3.05, 3.63) is 0 Å². The highest BCUT2D eigenvalue weighted by Crippen LogP contribution is 2.30. The van der Waals surface area contributed by atoms with E-state index in [4.69, 9.17) is 10.4 Å². The Morgan fingerprint density at radius 3 is 2.27 bits per heavy atom. The molecule has 3 nitrogen and oxygen atoms in total. The summed E-state index contributed by atoms with van der Waals surface area (Å²) < 4.78 is 0. The van der Waals surface area contributed by atoms with Crippen LogP contribution < -0.4 is 0 Å². The molecular formula is C8H13NO2. The summed E-state index contributed by atoms with van der Waals surface area (Å²) in [5.74, 6) is 0. The summed E-state index contributed by atoms with van der Waals surface area (Å²) in [6.45, 7) is 0. The van der Waals surface area contributed by atoms with Crippen LogP contribution in [0.1, 0.15) is 32.1 Å². The van der Waals surface area contributed by atoms with E-state index in [0.29, 0.717) is 12.8 Å². The summed E-state index contributed by atoms with van der Waals surface area (Å²) in [7, 11) is 0. The van der Waals surface area contributed by atoms with E-state index in [1.165, 1.54) is 0 Å². The van der Waals surface area contributed by atoms with Crippen molar-refractivity contribution < 1.29 is 10.2 Å². The highest BCUT2D eigenvalue weighted by molar-refractivity contribution is 5.00. The van der Waals surface area contributed by atoms with Gasteiger partial charge in [-0.05, 0) is 12.8 Å². The van der Waals surface area contributed by atoms with Crippen molar-refractivity contribution >= 4 is 0 Å². The van der Waals surface area contributed by atoms with Gasteiger partial charge in [0.05, 0.1) is 6.07 Å². The first-order valence-electron chi connectivity index (χ1n) is 3.99. The minimum Gasteiger partial charge on any atom is -0.386 e. The van der Waals surface area contributed by atoms with Crippen LogP contribution in [0.4, 0.5) is 0 Å². The molecule has 1 aliphatic carbocycles. The number of aliphatic hydroxyl groups excluding tert-OH is 1. The van der Waals surface area contributed by atoms with Gasteiger partial charge in [-0.2, -0.15) is 5.26 Å². The maximum Gasteiger partial charge on any atom is 0.169 e. The van der Waals surface area contributed by atoms with E-state index >= 15 is 0 Å². The lowest BCUT2D eigenvalue weighted by Gasteiger charge is -2.32. The quantitative estimate of drug-likeness (QED) is 0.544. The standard InChI is InChI=1S/C8H13NO2/c9-6-7(10)8(11)4-2-1-3-5-8/h7,10-11H,1-5H2. The summed E-state index contributed by atoms with van der Waals surface area (Å²) in [5.41, 5.74) is -1.12. The van der Waals surface area contributed by atoms with Crippen molar-refractivity contribution in [2.24, 2.45) is 0 Å². The van der Waals surface area contributed by atoms with Crippen molar-refractivity contribution in [1.29, 1.82) is 5.26 Å². The molecule has 1 saturated carbocycles. The Morgan fingerprint density at radius 2 is 1.82 bits per heavy atom. The molecule has 0 amide bonds. The van der Waals surface area contributed by atoms with Crippen molar-refractivity contribution in [1.82, 2.24) is 0 Å². The Bertz CT molecular complexity index is 167. The minimum atomic E-state index is -1.21. The molecule has 1 unspecified atom stereocenters. The number of hydrogen-bond acceptors (Lipinski definition) is 3. The van der Waals surface area contributed by atoms with Crippen LogP contribution in [0.15, 0.2) is 0 Å². The summed E-state index contributed by atoms with van der Waals surface area (Å²) in [4.78, 5) is 0. The first-order valence-corrected chi connectivity index (χ1v) is 3.99. The van der Waals surface area contributed by atoms with Gasteiger partial charge in [0.1, 0.15) is 5.60 Å². The monoisotopic (exact) mass is 155 g/mol. The van der Waals surface area contributed by atoms with Gasteiger partial charge in [-0.3, -0.25) is 0 Å². The molecule has 0 aromatic rings. The zero-order valence-electron chi connectivity index (χ0n) is 6.45. The summed E-state index contributed by atoms with van der Waals surface area (Å²) in [5, 5.41) is 27.2. The summed E-state index contributed by atoms with van der Waals surface area (Å²) >= 11 is 0. The fraction of sp³-hybridized carbons (Fsp3) is 0.875. The van der Waals surface area contributed by atoms with Crippen LogP contribution >= 0.6 is 0 Å². The van der Waals surface area contributed by atoms with E-state index in [2.05, 4.69) is 0 Å². The Balaban J connectivity index is 2.57. The SMILES string of the molecule is N#CC(O)C1(O)CCCCC1. The van der Waals surface area contributed by atoms with Gasteiger partial charge in [0, 0.05) is 0 Å². The number of nitriles is 1. The molecule has 1 atom stereocenters. The second kappa shape index (κ2) is 3.21. The molecule has 1 rings (SSSR count). The van der Waals surface area contributed by atoms with Crippen LogP contribution in [-0.2, 0) is 0 Å². The molecule has 0 aromatic carbocycles. The maximum absolute atomic E-state index is 9.67. The Labute approximate surface area is 66.3 Å². The highest BCUT2D eigenvalue weighted by atomic mass is 16.3. The number of aliphatic hydroxyl groups is 2. The lowest BCUT2D eigenvalue weighted by Crippen LogP contribution is -2.42. The van der Waals surface area contributed by atoms with Gasteiger partial charge < -0.3 is 10.2 Å². The lowest BCUT2D eigenvalue weighted by atomic mass is 9.81. The minimum absolute atomic E-state index is 0.557. The largest absolute Gasteiger partial charge is 0.386 e. The van der Waals surface area contributed by atoms with E-state index in [1.54, 1.807) is 6.07 Å². The average molecular weight is 155 g/mol. The van der Waals surface area contributed by atoms with Gasteiger partial charge in [-0.25, -0.2) is 0 Å². The molecule has 1 fully saturated rings. The van der Waals surface area contributed by atoms with Gasteiger partial charge in [0.2, 0.25) is 0 Å². The molecule has 0 radical (unpaired) electrons. The molecular weight excluding hydrogens is 142 g/mol. The van der Waals surface area contributed by atoms with E-state index in [9.17, 15) is 5.11 Å². The van der Waals surface area contributed by atoms with Gasteiger partial charge in [-0.1, -0.05) is 19.3 Å². The molecule has 0 saturated heterocycles. The van der Waals surface area contributed by atoms with Gasteiger partial charge in [-0.15, -0.1) is 0 Å². The van der Waals surface area contributed by atoms with Crippen LogP contribution in [0.25, 0.3) is 0 Å².